The lowest BCUT2D eigenvalue weighted by atomic mass is 10.3. The Morgan fingerprint density at radius 3 is 2.54 bits per heavy atom. The zero-order chi connectivity index (χ0) is 10.3. The third-order valence-electron chi connectivity index (χ3n) is 1.80. The molecule has 0 aliphatic heterocycles. The summed E-state index contributed by atoms with van der Waals surface area (Å²) in [5.41, 5.74) is 5.28. The van der Waals surface area contributed by atoms with Gasteiger partial charge in [-0.3, -0.25) is 4.79 Å². The summed E-state index contributed by atoms with van der Waals surface area (Å²) in [6.07, 6.45) is 0.903. The monoisotopic (exact) mass is 187 g/mol. The molecule has 0 saturated heterocycles. The summed E-state index contributed by atoms with van der Waals surface area (Å²) in [6.45, 7) is 4.89. The maximum Gasteiger partial charge on any atom is 0.222 e. The Morgan fingerprint density at radius 2 is 2.15 bits per heavy atom. The van der Waals surface area contributed by atoms with Crippen molar-refractivity contribution >= 4 is 11.7 Å². The number of nitrogens with zero attached hydrogens (tertiary/aromatic N) is 2. The third-order valence-corrected chi connectivity index (χ3v) is 1.80. The number of oxime groups is 1. The highest BCUT2D eigenvalue weighted by atomic mass is 16.4. The second-order valence-electron chi connectivity index (χ2n) is 2.67. The van der Waals surface area contributed by atoms with Crippen LogP contribution in [0.15, 0.2) is 5.16 Å². The van der Waals surface area contributed by atoms with Crippen molar-refractivity contribution < 1.29 is 10.0 Å². The first-order valence-electron chi connectivity index (χ1n) is 4.39. The number of nitrogens with two attached hydrogens (primary N) is 1. The molecule has 0 aliphatic rings. The lowest BCUT2D eigenvalue weighted by Crippen LogP contribution is -2.33. The molecule has 0 bridgehead atoms. The van der Waals surface area contributed by atoms with Gasteiger partial charge in [0.15, 0.2) is 0 Å². The molecule has 5 heteroatoms. The number of amides is 1. The highest BCUT2D eigenvalue weighted by Crippen LogP contribution is 1.95. The first-order valence-corrected chi connectivity index (χ1v) is 4.39. The maximum absolute atomic E-state index is 11.2. The molecule has 13 heavy (non-hydrogen) atoms. The fraction of sp³-hybridized carbons (Fsp3) is 0.750. The lowest BCUT2D eigenvalue weighted by Gasteiger charge is -2.19. The topological polar surface area (TPSA) is 78.9 Å². The molecule has 0 rings (SSSR count). The van der Waals surface area contributed by atoms with E-state index >= 15 is 0 Å². The smallest absolute Gasteiger partial charge is 0.222 e. The number of hydrogen-bond acceptors (Lipinski definition) is 3. The fourth-order valence-corrected chi connectivity index (χ4v) is 0.982. The minimum Gasteiger partial charge on any atom is -0.409 e. The number of hydrogen-bond donors (Lipinski definition) is 2. The van der Waals surface area contributed by atoms with Gasteiger partial charge >= 0.3 is 0 Å². The Bertz CT molecular complexity index is 192. The zero-order valence-corrected chi connectivity index (χ0v) is 8.16. The van der Waals surface area contributed by atoms with Crippen molar-refractivity contribution in [1.29, 1.82) is 0 Å². The number of amidine groups is 1. The van der Waals surface area contributed by atoms with Crippen LogP contribution in [0.4, 0.5) is 0 Å². The van der Waals surface area contributed by atoms with Crippen molar-refractivity contribution in [3.63, 3.8) is 0 Å². The molecule has 0 spiro atoms. The van der Waals surface area contributed by atoms with Crippen LogP contribution in [0, 0.1) is 0 Å². The summed E-state index contributed by atoms with van der Waals surface area (Å²) in [6, 6.07) is 0. The fourth-order valence-electron chi connectivity index (χ4n) is 0.982. The van der Waals surface area contributed by atoms with E-state index in [1.165, 1.54) is 0 Å². The van der Waals surface area contributed by atoms with E-state index in [4.69, 9.17) is 10.9 Å². The normalized spacial score (nSPS) is 11.4. The van der Waals surface area contributed by atoms with E-state index in [2.05, 4.69) is 5.16 Å². The molecule has 0 aromatic heterocycles. The molecule has 0 aliphatic carbocycles. The molecule has 5 nitrogen and oxygen atoms in total. The molecule has 0 radical (unpaired) electrons. The minimum atomic E-state index is 0.0910. The van der Waals surface area contributed by atoms with Gasteiger partial charge in [-0.25, -0.2) is 0 Å². The Balaban J connectivity index is 3.92. The minimum absolute atomic E-state index is 0.0910. The van der Waals surface area contributed by atoms with E-state index in [9.17, 15) is 4.79 Å². The van der Waals surface area contributed by atoms with Gasteiger partial charge in [0.2, 0.25) is 5.91 Å². The maximum atomic E-state index is 11.2. The van der Waals surface area contributed by atoms with Gasteiger partial charge in [0.25, 0.3) is 0 Å². The van der Waals surface area contributed by atoms with Crippen molar-refractivity contribution in [3.05, 3.63) is 0 Å². The van der Waals surface area contributed by atoms with Gasteiger partial charge in [-0.1, -0.05) is 12.1 Å². The molecule has 3 N–H and O–H groups in total. The van der Waals surface area contributed by atoms with Crippen LogP contribution in [-0.4, -0.2) is 34.9 Å². The van der Waals surface area contributed by atoms with Crippen LogP contribution >= 0.6 is 0 Å². The molecule has 0 fully saturated rings. The molecule has 0 saturated carbocycles. The van der Waals surface area contributed by atoms with Gasteiger partial charge in [0.05, 0.1) is 0 Å². The number of carbonyl (C=O) groups is 1. The van der Waals surface area contributed by atoms with E-state index in [0.29, 0.717) is 25.9 Å². The lowest BCUT2D eigenvalue weighted by molar-refractivity contribution is -0.130. The quantitative estimate of drug-likeness (QED) is 0.283. The summed E-state index contributed by atoms with van der Waals surface area (Å²) in [7, 11) is 0. The van der Waals surface area contributed by atoms with Gasteiger partial charge < -0.3 is 15.8 Å². The summed E-state index contributed by atoms with van der Waals surface area (Å²) in [5, 5.41) is 11.1. The summed E-state index contributed by atoms with van der Waals surface area (Å²) in [5.74, 6) is 0.246. The average Bonchev–Trinajstić information content (AvgIpc) is 2.17. The van der Waals surface area contributed by atoms with Crippen molar-refractivity contribution in [2.24, 2.45) is 10.9 Å². The zero-order valence-electron chi connectivity index (χ0n) is 8.16. The second kappa shape index (κ2) is 6.28. The molecule has 0 heterocycles. The first-order chi connectivity index (χ1) is 6.15. The predicted octanol–water partition coefficient (Wildman–Crippen LogP) is 0.381. The van der Waals surface area contributed by atoms with Gasteiger partial charge in [-0.05, 0) is 6.92 Å². The molecule has 1 amide bonds. The Hall–Kier alpha value is -1.26. The highest BCUT2D eigenvalue weighted by molar-refractivity contribution is 5.81. The van der Waals surface area contributed by atoms with E-state index in [1.54, 1.807) is 4.90 Å². The summed E-state index contributed by atoms with van der Waals surface area (Å²) < 4.78 is 0. The Kier molecular flexibility index (Phi) is 5.67. The largest absolute Gasteiger partial charge is 0.409 e. The van der Waals surface area contributed by atoms with Crippen LogP contribution in [-0.2, 0) is 4.79 Å². The molecule has 0 aromatic carbocycles. The van der Waals surface area contributed by atoms with Crippen LogP contribution in [0.3, 0.4) is 0 Å². The van der Waals surface area contributed by atoms with Crippen molar-refractivity contribution in [1.82, 2.24) is 4.90 Å². The summed E-state index contributed by atoms with van der Waals surface area (Å²) >= 11 is 0. The standard InChI is InChI=1S/C8H17N3O2/c1-3-8(12)11(4-2)6-5-7(9)10-13/h13H,3-6H2,1-2H3,(H2,9,10). The van der Waals surface area contributed by atoms with E-state index in [-0.39, 0.29) is 11.7 Å². The Labute approximate surface area is 78.2 Å². The SMILES string of the molecule is CCC(=O)N(CC)CCC(N)=NO. The van der Waals surface area contributed by atoms with E-state index in [0.717, 1.165) is 0 Å². The van der Waals surface area contributed by atoms with Crippen LogP contribution in [0.25, 0.3) is 0 Å². The molecule has 0 atom stereocenters. The molecule has 0 aromatic rings. The van der Waals surface area contributed by atoms with Gasteiger partial charge in [-0.2, -0.15) is 0 Å². The van der Waals surface area contributed by atoms with Gasteiger partial charge in [0.1, 0.15) is 5.84 Å². The molecule has 76 valence electrons. The van der Waals surface area contributed by atoms with Crippen molar-refractivity contribution in [3.8, 4) is 0 Å². The van der Waals surface area contributed by atoms with Crippen LogP contribution in [0.1, 0.15) is 26.7 Å². The van der Waals surface area contributed by atoms with Crippen LogP contribution < -0.4 is 5.73 Å². The summed E-state index contributed by atoms with van der Waals surface area (Å²) in [4.78, 5) is 12.9. The van der Waals surface area contributed by atoms with Crippen molar-refractivity contribution in [2.45, 2.75) is 26.7 Å². The molecule has 0 unspecified atom stereocenters. The first kappa shape index (κ1) is 11.7. The molecular weight excluding hydrogens is 170 g/mol. The third kappa shape index (κ3) is 4.35. The van der Waals surface area contributed by atoms with Crippen LogP contribution in [0.5, 0.6) is 0 Å². The Morgan fingerprint density at radius 1 is 1.54 bits per heavy atom. The van der Waals surface area contributed by atoms with Gasteiger partial charge in [0, 0.05) is 25.9 Å². The second-order valence-corrected chi connectivity index (χ2v) is 2.67. The average molecular weight is 187 g/mol. The molecular formula is C8H17N3O2. The van der Waals surface area contributed by atoms with Gasteiger partial charge in [-0.15, -0.1) is 0 Å². The van der Waals surface area contributed by atoms with E-state index < -0.39 is 0 Å². The number of rotatable bonds is 5. The highest BCUT2D eigenvalue weighted by Gasteiger charge is 2.08. The number of carbonyl (C=O) groups excluding carboxylic acids is 1. The van der Waals surface area contributed by atoms with E-state index in [1.807, 2.05) is 13.8 Å². The predicted molar refractivity (Wildman–Crippen MR) is 50.6 cm³/mol. The van der Waals surface area contributed by atoms with Crippen LogP contribution in [0.2, 0.25) is 0 Å². The van der Waals surface area contributed by atoms with Crippen molar-refractivity contribution in [2.75, 3.05) is 13.1 Å².